The van der Waals surface area contributed by atoms with Gasteiger partial charge in [-0.3, -0.25) is 14.9 Å². The predicted octanol–water partition coefficient (Wildman–Crippen LogP) is 4.94. The molecule has 38 heavy (non-hydrogen) atoms. The van der Waals surface area contributed by atoms with Gasteiger partial charge < -0.3 is 9.47 Å². The summed E-state index contributed by atoms with van der Waals surface area (Å²) in [5, 5.41) is 15.4. The summed E-state index contributed by atoms with van der Waals surface area (Å²) in [5.41, 5.74) is 5.66. The number of aryl methyl sites for hydroxylation is 1. The second-order valence-electron chi connectivity index (χ2n) is 8.32. The van der Waals surface area contributed by atoms with Gasteiger partial charge in [-0.1, -0.05) is 59.9 Å². The van der Waals surface area contributed by atoms with Gasteiger partial charge in [-0.05, 0) is 54.8 Å². The molecule has 1 unspecified atom stereocenters. The van der Waals surface area contributed by atoms with Crippen molar-refractivity contribution in [3.8, 4) is 11.5 Å². The Bertz CT molecular complexity index is 1440. The zero-order valence-corrected chi connectivity index (χ0v) is 22.0. The van der Waals surface area contributed by atoms with Crippen molar-refractivity contribution in [2.75, 3.05) is 12.4 Å². The van der Waals surface area contributed by atoms with E-state index in [-0.39, 0.29) is 24.3 Å². The Balaban J connectivity index is 1.30. The maximum Gasteiger partial charge on any atom is 0.257 e. The third kappa shape index (κ3) is 7.01. The smallest absolute Gasteiger partial charge is 0.257 e. The van der Waals surface area contributed by atoms with Crippen LogP contribution in [-0.2, 0) is 11.2 Å². The molecule has 10 heteroatoms. The first kappa shape index (κ1) is 26.5. The zero-order chi connectivity index (χ0) is 26.9. The zero-order valence-electron chi connectivity index (χ0n) is 21.2. The van der Waals surface area contributed by atoms with Crippen LogP contribution in [0.4, 0.5) is 5.13 Å². The van der Waals surface area contributed by atoms with E-state index in [9.17, 15) is 9.59 Å². The number of nitrogens with one attached hydrogen (secondary N) is 2. The second-order valence-corrected chi connectivity index (χ2v) is 9.38. The van der Waals surface area contributed by atoms with E-state index in [0.717, 1.165) is 28.0 Å². The van der Waals surface area contributed by atoms with Crippen LogP contribution in [-0.4, -0.2) is 35.3 Å². The van der Waals surface area contributed by atoms with Crippen molar-refractivity contribution in [3.63, 3.8) is 0 Å². The molecule has 0 spiro atoms. The second kappa shape index (κ2) is 12.6. The number of amides is 2. The molecule has 0 radical (unpaired) electrons. The van der Waals surface area contributed by atoms with Gasteiger partial charge in [0.15, 0.2) is 11.5 Å². The summed E-state index contributed by atoms with van der Waals surface area (Å²) >= 11 is 1.13. The molecule has 3 aromatic carbocycles. The molecular weight excluding hydrogens is 502 g/mol. The number of nitrogens with zero attached hydrogens (tertiary/aromatic N) is 3. The maximum absolute atomic E-state index is 12.4. The van der Waals surface area contributed by atoms with Crippen LogP contribution in [0.25, 0.3) is 0 Å². The highest BCUT2D eigenvalue weighted by atomic mass is 32.1. The summed E-state index contributed by atoms with van der Waals surface area (Å²) in [6.07, 6.45) is 1.34. The molecule has 2 N–H and O–H groups in total. The van der Waals surface area contributed by atoms with Gasteiger partial charge in [0.25, 0.3) is 5.91 Å². The molecule has 1 aromatic heterocycles. The fraction of sp³-hybridized carbons (Fsp3) is 0.179. The third-order valence-electron chi connectivity index (χ3n) is 5.55. The lowest BCUT2D eigenvalue weighted by Gasteiger charge is -2.17. The van der Waals surface area contributed by atoms with Crippen molar-refractivity contribution in [2.24, 2.45) is 5.10 Å². The van der Waals surface area contributed by atoms with E-state index < -0.39 is 0 Å². The van der Waals surface area contributed by atoms with Gasteiger partial charge in [0.1, 0.15) is 11.1 Å². The summed E-state index contributed by atoms with van der Waals surface area (Å²) in [4.78, 5) is 24.8. The lowest BCUT2D eigenvalue weighted by atomic mass is 10.1. The highest BCUT2D eigenvalue weighted by molar-refractivity contribution is 7.15. The van der Waals surface area contributed by atoms with Crippen LogP contribution in [0, 0.1) is 6.92 Å². The summed E-state index contributed by atoms with van der Waals surface area (Å²) in [5.74, 6) is 0.517. The maximum atomic E-state index is 12.4. The van der Waals surface area contributed by atoms with Gasteiger partial charge in [-0.2, -0.15) is 5.10 Å². The van der Waals surface area contributed by atoms with Gasteiger partial charge in [0.05, 0.1) is 19.7 Å². The molecule has 0 bridgehead atoms. The Morgan fingerprint density at radius 3 is 2.55 bits per heavy atom. The van der Waals surface area contributed by atoms with E-state index in [1.54, 1.807) is 31.4 Å². The molecule has 0 saturated heterocycles. The van der Waals surface area contributed by atoms with Crippen LogP contribution in [0.1, 0.15) is 45.1 Å². The van der Waals surface area contributed by atoms with Crippen LogP contribution in [0.15, 0.2) is 77.9 Å². The first-order valence-corrected chi connectivity index (χ1v) is 12.7. The first-order valence-electron chi connectivity index (χ1n) is 11.8. The molecule has 194 valence electrons. The Kier molecular flexibility index (Phi) is 8.78. The average Bonchev–Trinajstić information content (AvgIpc) is 3.36. The topological polar surface area (TPSA) is 115 Å². The number of benzene rings is 3. The third-order valence-corrected chi connectivity index (χ3v) is 6.39. The highest BCUT2D eigenvalue weighted by Gasteiger charge is 2.14. The molecule has 2 amide bonds. The number of hydrazone groups is 1. The van der Waals surface area contributed by atoms with E-state index in [1.807, 2.05) is 62.4 Å². The molecule has 0 saturated carbocycles. The van der Waals surface area contributed by atoms with E-state index in [1.165, 1.54) is 6.21 Å². The van der Waals surface area contributed by atoms with E-state index in [2.05, 4.69) is 26.0 Å². The minimum Gasteiger partial charge on any atom is -0.493 e. The van der Waals surface area contributed by atoms with Crippen molar-refractivity contribution < 1.29 is 19.1 Å². The largest absolute Gasteiger partial charge is 0.493 e. The number of methoxy groups -OCH3 is 1. The Labute approximate surface area is 224 Å². The number of ether oxygens (including phenoxy) is 2. The van der Waals surface area contributed by atoms with Crippen molar-refractivity contribution in [3.05, 3.63) is 100 Å². The van der Waals surface area contributed by atoms with E-state index in [4.69, 9.17) is 9.47 Å². The fourth-order valence-corrected chi connectivity index (χ4v) is 4.30. The fourth-order valence-electron chi connectivity index (χ4n) is 3.57. The van der Waals surface area contributed by atoms with Gasteiger partial charge >= 0.3 is 0 Å². The van der Waals surface area contributed by atoms with Crippen LogP contribution in [0.2, 0.25) is 0 Å². The SMILES string of the molecule is COc1cc(/C=N/NC(=O)Cc2nnc(NC(=O)c3ccccc3C)s2)ccc1OC(C)c1ccccc1. The molecule has 9 nitrogen and oxygen atoms in total. The summed E-state index contributed by atoms with van der Waals surface area (Å²) < 4.78 is 11.5. The quantitative estimate of drug-likeness (QED) is 0.222. The molecule has 0 aliphatic heterocycles. The molecule has 4 rings (SSSR count). The van der Waals surface area contributed by atoms with E-state index >= 15 is 0 Å². The molecule has 1 heterocycles. The predicted molar refractivity (Wildman–Crippen MR) is 147 cm³/mol. The normalized spacial score (nSPS) is 11.7. The molecule has 0 aliphatic rings. The number of hydrogen-bond donors (Lipinski definition) is 2. The first-order chi connectivity index (χ1) is 18.4. The average molecular weight is 530 g/mol. The van der Waals surface area contributed by atoms with Crippen LogP contribution < -0.4 is 20.2 Å². The highest BCUT2D eigenvalue weighted by Crippen LogP contribution is 2.31. The number of carbonyl (C=O) groups excluding carboxylic acids is 2. The van der Waals surface area contributed by atoms with Gasteiger partial charge in [-0.15, -0.1) is 10.2 Å². The molecule has 0 aliphatic carbocycles. The van der Waals surface area contributed by atoms with Crippen LogP contribution in [0.3, 0.4) is 0 Å². The number of anilines is 1. The number of rotatable bonds is 10. The van der Waals surface area contributed by atoms with Gasteiger partial charge in [-0.25, -0.2) is 5.43 Å². The number of aromatic nitrogens is 2. The summed E-state index contributed by atoms with van der Waals surface area (Å²) in [6.45, 7) is 3.83. The van der Waals surface area contributed by atoms with Crippen LogP contribution in [0.5, 0.6) is 11.5 Å². The minimum atomic E-state index is -0.363. The monoisotopic (exact) mass is 529 g/mol. The summed E-state index contributed by atoms with van der Waals surface area (Å²) in [6, 6.07) is 22.6. The lowest BCUT2D eigenvalue weighted by molar-refractivity contribution is -0.120. The Hall–Kier alpha value is -4.57. The lowest BCUT2D eigenvalue weighted by Crippen LogP contribution is -2.19. The molecule has 4 aromatic rings. The van der Waals surface area contributed by atoms with Gasteiger partial charge in [0.2, 0.25) is 11.0 Å². The van der Waals surface area contributed by atoms with Crippen molar-refractivity contribution in [1.29, 1.82) is 0 Å². The van der Waals surface area contributed by atoms with Crippen molar-refractivity contribution in [2.45, 2.75) is 26.4 Å². The van der Waals surface area contributed by atoms with Crippen molar-refractivity contribution in [1.82, 2.24) is 15.6 Å². The Morgan fingerprint density at radius 1 is 1.03 bits per heavy atom. The van der Waals surface area contributed by atoms with Crippen LogP contribution >= 0.6 is 11.3 Å². The minimum absolute atomic E-state index is 0.0251. The van der Waals surface area contributed by atoms with E-state index in [0.29, 0.717) is 27.2 Å². The molecule has 1 atom stereocenters. The number of hydrogen-bond acceptors (Lipinski definition) is 8. The standard InChI is InChI=1S/C28H27N5O4S/c1-18-9-7-8-12-22(18)27(35)30-28-33-32-26(38-28)16-25(34)31-29-17-20-13-14-23(24(15-20)36-3)37-19(2)21-10-5-4-6-11-21/h4-15,17,19H,16H2,1-3H3,(H,31,34)(H,30,33,35)/b29-17+. The molecule has 0 fully saturated rings. The van der Waals surface area contributed by atoms with Crippen molar-refractivity contribution >= 4 is 34.5 Å². The summed E-state index contributed by atoms with van der Waals surface area (Å²) in [7, 11) is 1.57. The molecular formula is C28H27N5O4S. The Morgan fingerprint density at radius 2 is 1.79 bits per heavy atom. The number of carbonyl (C=O) groups is 2. The van der Waals surface area contributed by atoms with Gasteiger partial charge in [0, 0.05) is 5.56 Å².